The smallest absolute Gasteiger partial charge is 0.254 e. The molecule has 1 fully saturated rings. The minimum atomic E-state index is -0.372. The molecule has 0 aromatic heterocycles. The monoisotopic (exact) mass is 335 g/mol. The van der Waals surface area contributed by atoms with Crippen LogP contribution >= 0.6 is 22.6 Å². The van der Waals surface area contributed by atoms with E-state index in [2.05, 4.69) is 0 Å². The van der Waals surface area contributed by atoms with Gasteiger partial charge in [-0.2, -0.15) is 0 Å². The average molecular weight is 335 g/mol. The van der Waals surface area contributed by atoms with Gasteiger partial charge < -0.3 is 9.64 Å². The Labute approximate surface area is 107 Å². The first-order chi connectivity index (χ1) is 7.66. The summed E-state index contributed by atoms with van der Waals surface area (Å²) < 4.78 is 19.0. The van der Waals surface area contributed by atoms with Gasteiger partial charge in [-0.25, -0.2) is 4.39 Å². The number of nitrogens with zero attached hydrogens (tertiary/aromatic N) is 1. The van der Waals surface area contributed by atoms with Crippen molar-refractivity contribution < 1.29 is 13.9 Å². The Morgan fingerprint density at radius 2 is 2.00 bits per heavy atom. The van der Waals surface area contributed by atoms with Crippen molar-refractivity contribution in [3.8, 4) is 0 Å². The third-order valence-corrected chi connectivity index (χ3v) is 3.03. The number of hydrogen-bond acceptors (Lipinski definition) is 2. The van der Waals surface area contributed by atoms with Gasteiger partial charge in [-0.15, -0.1) is 0 Å². The first-order valence-electron chi connectivity index (χ1n) is 5.00. The Kier molecular flexibility index (Phi) is 3.75. The molecular formula is C11H11FINO2. The molecule has 5 heteroatoms. The maximum absolute atomic E-state index is 13.2. The van der Waals surface area contributed by atoms with Crippen molar-refractivity contribution in [1.29, 1.82) is 0 Å². The number of morpholine rings is 1. The first-order valence-corrected chi connectivity index (χ1v) is 6.08. The highest BCUT2D eigenvalue weighted by atomic mass is 127. The van der Waals surface area contributed by atoms with Gasteiger partial charge in [0.2, 0.25) is 0 Å². The number of benzene rings is 1. The van der Waals surface area contributed by atoms with E-state index in [1.807, 2.05) is 22.6 Å². The van der Waals surface area contributed by atoms with Gasteiger partial charge in [0, 0.05) is 22.2 Å². The maximum atomic E-state index is 13.2. The second-order valence-corrected chi connectivity index (χ2v) is 4.81. The largest absolute Gasteiger partial charge is 0.378 e. The van der Waals surface area contributed by atoms with E-state index in [0.29, 0.717) is 31.9 Å². The Balaban J connectivity index is 2.19. The number of amides is 1. The van der Waals surface area contributed by atoms with Gasteiger partial charge in [0.15, 0.2) is 0 Å². The predicted molar refractivity (Wildman–Crippen MR) is 65.8 cm³/mol. The minimum absolute atomic E-state index is 0.124. The lowest BCUT2D eigenvalue weighted by atomic mass is 10.2. The van der Waals surface area contributed by atoms with E-state index in [-0.39, 0.29) is 11.7 Å². The Morgan fingerprint density at radius 3 is 2.62 bits per heavy atom. The second-order valence-electron chi connectivity index (χ2n) is 3.56. The van der Waals surface area contributed by atoms with Gasteiger partial charge >= 0.3 is 0 Å². The number of hydrogen-bond donors (Lipinski definition) is 0. The highest BCUT2D eigenvalue weighted by molar-refractivity contribution is 14.1. The predicted octanol–water partition coefficient (Wildman–Crippen LogP) is 1.90. The lowest BCUT2D eigenvalue weighted by Gasteiger charge is -2.26. The molecule has 1 aromatic rings. The molecule has 0 bridgehead atoms. The zero-order valence-corrected chi connectivity index (χ0v) is 10.7. The van der Waals surface area contributed by atoms with E-state index in [9.17, 15) is 9.18 Å². The zero-order chi connectivity index (χ0) is 11.5. The molecule has 3 nitrogen and oxygen atoms in total. The van der Waals surface area contributed by atoms with Crippen molar-refractivity contribution in [3.63, 3.8) is 0 Å². The van der Waals surface area contributed by atoms with Crippen LogP contribution in [0.1, 0.15) is 10.4 Å². The molecule has 1 aliphatic heterocycles. The molecule has 1 aliphatic rings. The lowest BCUT2D eigenvalue weighted by Crippen LogP contribution is -2.40. The third-order valence-electron chi connectivity index (χ3n) is 2.41. The van der Waals surface area contributed by atoms with E-state index >= 15 is 0 Å². The van der Waals surface area contributed by atoms with E-state index < -0.39 is 0 Å². The molecule has 0 N–H and O–H groups in total. The van der Waals surface area contributed by atoms with Crippen LogP contribution in [-0.2, 0) is 4.74 Å². The van der Waals surface area contributed by atoms with Crippen LogP contribution in [0, 0.1) is 9.39 Å². The van der Waals surface area contributed by atoms with Crippen LogP contribution in [0.3, 0.4) is 0 Å². The van der Waals surface area contributed by atoms with Crippen molar-refractivity contribution in [2.24, 2.45) is 0 Å². The van der Waals surface area contributed by atoms with Crippen molar-refractivity contribution in [1.82, 2.24) is 4.90 Å². The molecule has 86 valence electrons. The van der Waals surface area contributed by atoms with Gasteiger partial charge in [0.05, 0.1) is 13.2 Å². The summed E-state index contributed by atoms with van der Waals surface area (Å²) in [6, 6.07) is 4.37. The normalized spacial score (nSPS) is 16.2. The minimum Gasteiger partial charge on any atom is -0.378 e. The van der Waals surface area contributed by atoms with Crippen LogP contribution in [0.4, 0.5) is 4.39 Å². The van der Waals surface area contributed by atoms with Gasteiger partial charge in [0.1, 0.15) is 5.82 Å². The average Bonchev–Trinajstić information content (AvgIpc) is 2.28. The first kappa shape index (κ1) is 11.8. The summed E-state index contributed by atoms with van der Waals surface area (Å²) in [6.07, 6.45) is 0. The summed E-state index contributed by atoms with van der Waals surface area (Å²) in [6.45, 7) is 2.26. The molecule has 0 saturated carbocycles. The topological polar surface area (TPSA) is 29.5 Å². The van der Waals surface area contributed by atoms with E-state index in [4.69, 9.17) is 4.74 Å². The molecule has 1 amide bonds. The van der Waals surface area contributed by atoms with Gasteiger partial charge in [0.25, 0.3) is 5.91 Å². The van der Waals surface area contributed by atoms with Gasteiger partial charge in [-0.3, -0.25) is 4.79 Å². The molecule has 0 aliphatic carbocycles. The Hall–Kier alpha value is -0.690. The Morgan fingerprint density at radius 1 is 1.31 bits per heavy atom. The molecule has 0 radical (unpaired) electrons. The molecular weight excluding hydrogens is 324 g/mol. The number of carbonyl (C=O) groups is 1. The fourth-order valence-corrected chi connectivity index (χ4v) is 2.26. The SMILES string of the molecule is O=C(c1cc(F)cc(I)c1)N1CCOCC1. The Bertz CT molecular complexity index is 385. The highest BCUT2D eigenvalue weighted by Gasteiger charge is 2.19. The van der Waals surface area contributed by atoms with Crippen molar-refractivity contribution >= 4 is 28.5 Å². The van der Waals surface area contributed by atoms with Crippen LogP contribution in [-0.4, -0.2) is 37.1 Å². The van der Waals surface area contributed by atoms with Crippen LogP contribution in [0.15, 0.2) is 18.2 Å². The zero-order valence-electron chi connectivity index (χ0n) is 8.58. The van der Waals surface area contributed by atoms with Gasteiger partial charge in [-0.05, 0) is 40.8 Å². The summed E-state index contributed by atoms with van der Waals surface area (Å²) >= 11 is 2.00. The molecule has 0 unspecified atom stereocenters. The van der Waals surface area contributed by atoms with Crippen LogP contribution in [0.2, 0.25) is 0 Å². The quantitative estimate of drug-likeness (QED) is 0.734. The van der Waals surface area contributed by atoms with E-state index in [0.717, 1.165) is 3.57 Å². The third kappa shape index (κ3) is 2.70. The lowest BCUT2D eigenvalue weighted by molar-refractivity contribution is 0.0302. The van der Waals surface area contributed by atoms with Crippen molar-refractivity contribution in [2.45, 2.75) is 0 Å². The van der Waals surface area contributed by atoms with E-state index in [1.165, 1.54) is 12.1 Å². The molecule has 0 spiro atoms. The maximum Gasteiger partial charge on any atom is 0.254 e. The molecule has 2 rings (SSSR count). The number of halogens is 2. The van der Waals surface area contributed by atoms with Crippen LogP contribution < -0.4 is 0 Å². The summed E-state index contributed by atoms with van der Waals surface area (Å²) in [5.41, 5.74) is 0.409. The molecule has 0 atom stereocenters. The number of rotatable bonds is 1. The van der Waals surface area contributed by atoms with Crippen molar-refractivity contribution in [2.75, 3.05) is 26.3 Å². The fourth-order valence-electron chi connectivity index (χ4n) is 1.63. The summed E-state index contributed by atoms with van der Waals surface area (Å²) in [5.74, 6) is -0.496. The second kappa shape index (κ2) is 5.09. The molecule has 1 heterocycles. The number of carbonyl (C=O) groups excluding carboxylic acids is 1. The van der Waals surface area contributed by atoms with Crippen molar-refractivity contribution in [3.05, 3.63) is 33.1 Å². The molecule has 16 heavy (non-hydrogen) atoms. The number of ether oxygens (including phenoxy) is 1. The summed E-state index contributed by atoms with van der Waals surface area (Å²) in [4.78, 5) is 13.7. The van der Waals surface area contributed by atoms with Crippen LogP contribution in [0.25, 0.3) is 0 Å². The van der Waals surface area contributed by atoms with Gasteiger partial charge in [-0.1, -0.05) is 0 Å². The van der Waals surface area contributed by atoms with E-state index in [1.54, 1.807) is 11.0 Å². The standard InChI is InChI=1S/C11H11FINO2/c12-9-5-8(6-10(13)7-9)11(15)14-1-3-16-4-2-14/h5-7H,1-4H2. The highest BCUT2D eigenvalue weighted by Crippen LogP contribution is 2.14. The molecule has 1 saturated heterocycles. The summed E-state index contributed by atoms with van der Waals surface area (Å²) in [7, 11) is 0. The summed E-state index contributed by atoms with van der Waals surface area (Å²) in [5, 5.41) is 0. The molecule has 1 aromatic carbocycles. The fraction of sp³-hybridized carbons (Fsp3) is 0.364. The van der Waals surface area contributed by atoms with Crippen LogP contribution in [0.5, 0.6) is 0 Å².